The highest BCUT2D eigenvalue weighted by Gasteiger charge is 2.42. The number of fused-ring (bicyclic) bond motifs is 1. The molecule has 1 N–H and O–H groups in total. The zero-order valence-electron chi connectivity index (χ0n) is 8.74. The first-order valence-corrected chi connectivity index (χ1v) is 5.59. The highest BCUT2D eigenvalue weighted by atomic mass is 16.3. The fourth-order valence-electron chi connectivity index (χ4n) is 2.65. The Labute approximate surface area is 80.9 Å². The van der Waals surface area contributed by atoms with Gasteiger partial charge in [-0.3, -0.25) is 0 Å². The maximum Gasteiger partial charge on any atom is 0.0526 e. The van der Waals surface area contributed by atoms with Gasteiger partial charge in [0.2, 0.25) is 0 Å². The molecular formula is C11H21NO. The number of nitrogens with zero attached hydrogens (tertiary/aromatic N) is 1. The summed E-state index contributed by atoms with van der Waals surface area (Å²) in [7, 11) is 0. The minimum Gasteiger partial charge on any atom is -0.393 e. The van der Waals surface area contributed by atoms with Crippen LogP contribution in [0.1, 0.15) is 33.1 Å². The van der Waals surface area contributed by atoms with Crippen LogP contribution in [-0.2, 0) is 0 Å². The second-order valence-corrected chi connectivity index (χ2v) is 4.97. The summed E-state index contributed by atoms with van der Waals surface area (Å²) in [6.45, 7) is 6.68. The molecule has 0 aromatic carbocycles. The summed E-state index contributed by atoms with van der Waals surface area (Å²) in [4.78, 5) is 2.56. The molecule has 2 rings (SSSR count). The first-order chi connectivity index (χ1) is 6.16. The summed E-state index contributed by atoms with van der Waals surface area (Å²) in [5.41, 5.74) is 0. The Hall–Kier alpha value is -0.0800. The van der Waals surface area contributed by atoms with Gasteiger partial charge in [-0.25, -0.2) is 0 Å². The smallest absolute Gasteiger partial charge is 0.0526 e. The Kier molecular flexibility index (Phi) is 2.61. The van der Waals surface area contributed by atoms with Crippen molar-refractivity contribution < 1.29 is 5.11 Å². The molecule has 4 unspecified atom stereocenters. The maximum atomic E-state index is 9.30. The summed E-state index contributed by atoms with van der Waals surface area (Å²) in [6.07, 6.45) is 3.65. The molecule has 0 spiro atoms. The Morgan fingerprint density at radius 1 is 1.38 bits per heavy atom. The van der Waals surface area contributed by atoms with E-state index in [1.165, 1.54) is 25.9 Å². The molecule has 1 saturated heterocycles. The van der Waals surface area contributed by atoms with Crippen LogP contribution in [0.2, 0.25) is 0 Å². The Morgan fingerprint density at radius 3 is 2.77 bits per heavy atom. The summed E-state index contributed by atoms with van der Waals surface area (Å²) in [5.74, 6) is 2.07. The van der Waals surface area contributed by atoms with Crippen molar-refractivity contribution in [1.82, 2.24) is 4.90 Å². The van der Waals surface area contributed by atoms with Gasteiger partial charge >= 0.3 is 0 Å². The maximum absolute atomic E-state index is 9.30. The van der Waals surface area contributed by atoms with Gasteiger partial charge in [0.15, 0.2) is 0 Å². The molecule has 1 aliphatic heterocycles. The number of hydrogen-bond donors (Lipinski definition) is 1. The molecule has 0 aromatic heterocycles. The first-order valence-electron chi connectivity index (χ1n) is 5.59. The first kappa shape index (κ1) is 9.47. The van der Waals surface area contributed by atoms with E-state index in [0.717, 1.165) is 18.3 Å². The van der Waals surface area contributed by atoms with Gasteiger partial charge in [-0.1, -0.05) is 0 Å². The van der Waals surface area contributed by atoms with Crippen molar-refractivity contribution in [3.63, 3.8) is 0 Å². The molecule has 1 saturated carbocycles. The van der Waals surface area contributed by atoms with E-state index in [2.05, 4.69) is 11.8 Å². The number of aliphatic hydroxyl groups excluding tert-OH is 1. The fraction of sp³-hybridized carbons (Fsp3) is 1.00. The molecule has 0 aromatic rings. The van der Waals surface area contributed by atoms with Gasteiger partial charge in [0.25, 0.3) is 0 Å². The average molecular weight is 183 g/mol. The summed E-state index contributed by atoms with van der Waals surface area (Å²) in [5, 5.41) is 9.30. The van der Waals surface area contributed by atoms with E-state index in [0.29, 0.717) is 6.04 Å². The Bertz CT molecular complexity index is 181. The van der Waals surface area contributed by atoms with Gasteiger partial charge in [-0.15, -0.1) is 0 Å². The molecule has 2 heteroatoms. The van der Waals surface area contributed by atoms with Crippen LogP contribution in [0.4, 0.5) is 0 Å². The van der Waals surface area contributed by atoms with Crippen LogP contribution in [0.3, 0.4) is 0 Å². The zero-order valence-corrected chi connectivity index (χ0v) is 8.74. The second-order valence-electron chi connectivity index (χ2n) is 4.97. The van der Waals surface area contributed by atoms with Crippen LogP contribution in [-0.4, -0.2) is 35.2 Å². The summed E-state index contributed by atoms with van der Waals surface area (Å²) < 4.78 is 0. The summed E-state index contributed by atoms with van der Waals surface area (Å²) in [6, 6.07) is 0.571. The number of likely N-dealkylation sites (tertiary alicyclic amines) is 1. The lowest BCUT2D eigenvalue weighted by molar-refractivity contribution is 0.103. The molecule has 76 valence electrons. The summed E-state index contributed by atoms with van der Waals surface area (Å²) >= 11 is 0. The van der Waals surface area contributed by atoms with Crippen LogP contribution in [0.25, 0.3) is 0 Å². The van der Waals surface area contributed by atoms with Gasteiger partial charge in [-0.2, -0.15) is 0 Å². The van der Waals surface area contributed by atoms with E-state index in [9.17, 15) is 5.11 Å². The third kappa shape index (κ3) is 2.23. The van der Waals surface area contributed by atoms with Gasteiger partial charge < -0.3 is 10.0 Å². The Morgan fingerprint density at radius 2 is 2.15 bits per heavy atom. The molecule has 0 radical (unpaired) electrons. The van der Waals surface area contributed by atoms with Gasteiger partial charge in [-0.05, 0) is 51.5 Å². The van der Waals surface area contributed by atoms with E-state index in [4.69, 9.17) is 0 Å². The molecule has 2 nitrogen and oxygen atoms in total. The second kappa shape index (κ2) is 3.58. The van der Waals surface area contributed by atoms with Gasteiger partial charge in [0.05, 0.1) is 6.10 Å². The number of hydrogen-bond acceptors (Lipinski definition) is 2. The molecule has 0 amide bonds. The van der Waals surface area contributed by atoms with Crippen LogP contribution in [0, 0.1) is 11.8 Å². The van der Waals surface area contributed by atoms with Crippen molar-refractivity contribution in [3.8, 4) is 0 Å². The van der Waals surface area contributed by atoms with E-state index in [1.807, 2.05) is 6.92 Å². The van der Waals surface area contributed by atoms with Crippen molar-refractivity contribution in [2.45, 2.75) is 45.3 Å². The molecule has 4 atom stereocenters. The van der Waals surface area contributed by atoms with Crippen molar-refractivity contribution in [2.75, 3.05) is 13.1 Å². The monoisotopic (exact) mass is 183 g/mol. The third-order valence-corrected chi connectivity index (χ3v) is 3.63. The molecule has 2 fully saturated rings. The fourth-order valence-corrected chi connectivity index (χ4v) is 2.65. The highest BCUT2D eigenvalue weighted by molar-refractivity contribution is 4.94. The number of rotatable bonds is 3. The standard InChI is InChI=1S/C11H21NO/c1-8(5-9(2)13)12-4-3-10-6-11(10)7-12/h8-11,13H,3-7H2,1-2H3. The molecule has 2 aliphatic rings. The lowest BCUT2D eigenvalue weighted by Gasteiger charge is -2.32. The SMILES string of the molecule is CC(O)CC(C)N1CCC2CC2C1. The molecule has 1 aliphatic carbocycles. The van der Waals surface area contributed by atoms with E-state index < -0.39 is 0 Å². The molecule has 0 bridgehead atoms. The molecular weight excluding hydrogens is 162 g/mol. The minimum atomic E-state index is -0.146. The van der Waals surface area contributed by atoms with Crippen molar-refractivity contribution in [1.29, 1.82) is 0 Å². The third-order valence-electron chi connectivity index (χ3n) is 3.63. The number of piperidine rings is 1. The predicted octanol–water partition coefficient (Wildman–Crippen LogP) is 1.49. The highest BCUT2D eigenvalue weighted by Crippen LogP contribution is 2.45. The van der Waals surface area contributed by atoms with Crippen LogP contribution in [0.5, 0.6) is 0 Å². The quantitative estimate of drug-likeness (QED) is 0.716. The Balaban J connectivity index is 1.78. The largest absolute Gasteiger partial charge is 0.393 e. The van der Waals surface area contributed by atoms with Crippen LogP contribution < -0.4 is 0 Å². The molecule has 1 heterocycles. The van der Waals surface area contributed by atoms with Gasteiger partial charge in [0.1, 0.15) is 0 Å². The van der Waals surface area contributed by atoms with Crippen molar-refractivity contribution >= 4 is 0 Å². The van der Waals surface area contributed by atoms with Crippen LogP contribution >= 0.6 is 0 Å². The van der Waals surface area contributed by atoms with Crippen molar-refractivity contribution in [3.05, 3.63) is 0 Å². The lowest BCUT2D eigenvalue weighted by atomic mass is 10.1. The predicted molar refractivity (Wildman–Crippen MR) is 53.5 cm³/mol. The van der Waals surface area contributed by atoms with Crippen molar-refractivity contribution in [2.24, 2.45) is 11.8 Å². The van der Waals surface area contributed by atoms with E-state index in [-0.39, 0.29) is 6.10 Å². The van der Waals surface area contributed by atoms with Gasteiger partial charge in [0, 0.05) is 12.6 Å². The van der Waals surface area contributed by atoms with E-state index in [1.54, 1.807) is 0 Å². The molecule has 13 heavy (non-hydrogen) atoms. The van der Waals surface area contributed by atoms with E-state index >= 15 is 0 Å². The normalized spacial score (nSPS) is 38.1. The number of aliphatic hydroxyl groups is 1. The topological polar surface area (TPSA) is 23.5 Å². The van der Waals surface area contributed by atoms with Crippen LogP contribution in [0.15, 0.2) is 0 Å². The lowest BCUT2D eigenvalue weighted by Crippen LogP contribution is -2.40. The average Bonchev–Trinajstić information content (AvgIpc) is 2.79. The zero-order chi connectivity index (χ0) is 9.42. The minimum absolute atomic E-state index is 0.146.